The summed E-state index contributed by atoms with van der Waals surface area (Å²) in [7, 11) is -3.78. The summed E-state index contributed by atoms with van der Waals surface area (Å²) in [6.07, 6.45) is 0. The van der Waals surface area contributed by atoms with Gasteiger partial charge in [-0.25, -0.2) is 12.8 Å². The first kappa shape index (κ1) is 21.5. The van der Waals surface area contributed by atoms with Crippen molar-refractivity contribution in [3.8, 4) is 0 Å². The van der Waals surface area contributed by atoms with E-state index >= 15 is 0 Å². The number of nitrogens with zero attached hydrogens (tertiary/aromatic N) is 2. The van der Waals surface area contributed by atoms with Crippen LogP contribution in [0, 0.1) is 5.82 Å². The maximum Gasteiger partial charge on any atom is 0.243 e. The van der Waals surface area contributed by atoms with Crippen LogP contribution in [0.3, 0.4) is 0 Å². The van der Waals surface area contributed by atoms with E-state index in [2.05, 4.69) is 10.6 Å². The van der Waals surface area contributed by atoms with Crippen LogP contribution in [-0.2, 0) is 19.6 Å². The second-order valence-corrected chi connectivity index (χ2v) is 8.33. The molecule has 27 heavy (non-hydrogen) atoms. The topological polar surface area (TPSA) is 98.8 Å². The number of carbonyl (C=O) groups excluding carboxylic acids is 2. The molecule has 0 aromatic heterocycles. The number of benzene rings is 1. The molecule has 1 aromatic carbocycles. The predicted octanol–water partition coefficient (Wildman–Crippen LogP) is 0.0377. The van der Waals surface area contributed by atoms with Crippen molar-refractivity contribution in [1.29, 1.82) is 0 Å². The Balaban J connectivity index is 1.86. The summed E-state index contributed by atoms with van der Waals surface area (Å²) >= 11 is 5.67. The van der Waals surface area contributed by atoms with Gasteiger partial charge >= 0.3 is 0 Å². The molecule has 0 saturated carbocycles. The van der Waals surface area contributed by atoms with E-state index in [1.165, 1.54) is 10.4 Å². The third kappa shape index (κ3) is 5.86. The van der Waals surface area contributed by atoms with Gasteiger partial charge in [0.25, 0.3) is 0 Å². The van der Waals surface area contributed by atoms with Gasteiger partial charge in [0.15, 0.2) is 0 Å². The lowest BCUT2D eigenvalue weighted by Gasteiger charge is -2.33. The van der Waals surface area contributed by atoms with E-state index < -0.39 is 15.8 Å². The highest BCUT2D eigenvalue weighted by Crippen LogP contribution is 2.23. The molecule has 1 saturated heterocycles. The number of nitrogens with one attached hydrogen (secondary N) is 2. The maximum absolute atomic E-state index is 13.2. The number of halogens is 2. The molecule has 11 heteroatoms. The zero-order chi connectivity index (χ0) is 20.0. The number of rotatable bonds is 7. The standard InChI is InChI=1S/C16H22ClFN4O4S/c1-2-19-15(23)10-20-16(24)11-21-5-7-22(8-6-21)27(25,26)12-3-4-14(18)13(17)9-12/h3-4,9H,2,5-8,10-11H2,1H3,(H,19,23)(H,20,24). The van der Waals surface area contributed by atoms with Crippen molar-refractivity contribution in [2.24, 2.45) is 0 Å². The summed E-state index contributed by atoms with van der Waals surface area (Å²) in [5.74, 6) is -1.25. The highest BCUT2D eigenvalue weighted by molar-refractivity contribution is 7.89. The lowest BCUT2D eigenvalue weighted by Crippen LogP contribution is -2.51. The first-order valence-electron chi connectivity index (χ1n) is 8.45. The lowest BCUT2D eigenvalue weighted by atomic mass is 10.3. The Kier molecular flexibility index (Phi) is 7.54. The van der Waals surface area contributed by atoms with Crippen LogP contribution in [0.1, 0.15) is 6.92 Å². The average molecular weight is 421 g/mol. The number of piperazine rings is 1. The molecule has 0 bridgehead atoms. The molecule has 0 aliphatic carbocycles. The van der Waals surface area contributed by atoms with Crippen LogP contribution < -0.4 is 10.6 Å². The van der Waals surface area contributed by atoms with Crippen LogP contribution in [0.15, 0.2) is 23.1 Å². The van der Waals surface area contributed by atoms with Crippen molar-refractivity contribution in [2.75, 3.05) is 45.8 Å². The molecule has 1 fully saturated rings. The number of hydrogen-bond donors (Lipinski definition) is 2. The van der Waals surface area contributed by atoms with Crippen LogP contribution >= 0.6 is 11.6 Å². The maximum atomic E-state index is 13.2. The Morgan fingerprint density at radius 3 is 2.41 bits per heavy atom. The SMILES string of the molecule is CCNC(=O)CNC(=O)CN1CCN(S(=O)(=O)c2ccc(F)c(Cl)c2)CC1. The van der Waals surface area contributed by atoms with Crippen LogP contribution in [-0.4, -0.2) is 75.3 Å². The molecule has 1 aliphatic rings. The second-order valence-electron chi connectivity index (χ2n) is 5.99. The Labute approximate surface area is 162 Å². The van der Waals surface area contributed by atoms with Gasteiger partial charge in [0.1, 0.15) is 5.82 Å². The molecule has 0 radical (unpaired) electrons. The molecule has 0 unspecified atom stereocenters. The van der Waals surface area contributed by atoms with Gasteiger partial charge in [0.2, 0.25) is 21.8 Å². The number of carbonyl (C=O) groups is 2. The summed E-state index contributed by atoms with van der Waals surface area (Å²) in [6, 6.07) is 3.29. The monoisotopic (exact) mass is 420 g/mol. The van der Waals surface area contributed by atoms with Gasteiger partial charge in [-0.05, 0) is 25.1 Å². The Hall–Kier alpha value is -1.75. The molecule has 1 heterocycles. The van der Waals surface area contributed by atoms with E-state index in [1.807, 2.05) is 0 Å². The van der Waals surface area contributed by atoms with E-state index in [4.69, 9.17) is 11.6 Å². The van der Waals surface area contributed by atoms with Gasteiger partial charge in [-0.15, -0.1) is 0 Å². The summed E-state index contributed by atoms with van der Waals surface area (Å²) in [4.78, 5) is 24.9. The van der Waals surface area contributed by atoms with Crippen LogP contribution in [0.2, 0.25) is 5.02 Å². The smallest absolute Gasteiger partial charge is 0.243 e. The summed E-state index contributed by atoms with van der Waals surface area (Å²) < 4.78 is 39.8. The minimum absolute atomic E-state index is 0.0676. The third-order valence-electron chi connectivity index (χ3n) is 4.05. The van der Waals surface area contributed by atoms with Gasteiger partial charge in [0, 0.05) is 32.7 Å². The fourth-order valence-electron chi connectivity index (χ4n) is 2.61. The molecule has 2 N–H and O–H groups in total. The van der Waals surface area contributed by atoms with Gasteiger partial charge in [0.05, 0.1) is 23.0 Å². The number of sulfonamides is 1. The van der Waals surface area contributed by atoms with Gasteiger partial charge in [-0.3, -0.25) is 14.5 Å². The van der Waals surface area contributed by atoms with E-state index in [9.17, 15) is 22.4 Å². The van der Waals surface area contributed by atoms with E-state index in [0.29, 0.717) is 19.6 Å². The van der Waals surface area contributed by atoms with Crippen molar-refractivity contribution < 1.29 is 22.4 Å². The van der Waals surface area contributed by atoms with Crippen LogP contribution in [0.4, 0.5) is 4.39 Å². The molecule has 0 spiro atoms. The van der Waals surface area contributed by atoms with Crippen molar-refractivity contribution in [1.82, 2.24) is 19.8 Å². The normalized spacial score (nSPS) is 16.1. The number of hydrogen-bond acceptors (Lipinski definition) is 5. The third-order valence-corrected chi connectivity index (χ3v) is 6.23. The zero-order valence-electron chi connectivity index (χ0n) is 14.9. The van der Waals surface area contributed by atoms with Crippen LogP contribution in [0.5, 0.6) is 0 Å². The molecular formula is C16H22ClFN4O4S. The number of likely N-dealkylation sites (N-methyl/N-ethyl adjacent to an activating group) is 1. The van der Waals surface area contributed by atoms with Gasteiger partial charge in [-0.1, -0.05) is 11.6 Å². The summed E-state index contributed by atoms with van der Waals surface area (Å²) in [5.41, 5.74) is 0. The minimum Gasteiger partial charge on any atom is -0.355 e. The van der Waals surface area contributed by atoms with Crippen LogP contribution in [0.25, 0.3) is 0 Å². The fourth-order valence-corrected chi connectivity index (χ4v) is 4.31. The fraction of sp³-hybridized carbons (Fsp3) is 0.500. The van der Waals surface area contributed by atoms with Crippen molar-refractivity contribution in [3.63, 3.8) is 0 Å². The first-order chi connectivity index (χ1) is 12.7. The van der Waals surface area contributed by atoms with Crippen molar-refractivity contribution >= 4 is 33.4 Å². The summed E-state index contributed by atoms with van der Waals surface area (Å²) in [6.45, 7) is 3.38. The second kappa shape index (κ2) is 9.45. The summed E-state index contributed by atoms with van der Waals surface area (Å²) in [5, 5.41) is 4.84. The molecule has 1 aliphatic heterocycles. The van der Waals surface area contributed by atoms with E-state index in [0.717, 1.165) is 12.1 Å². The molecule has 2 amide bonds. The Morgan fingerprint density at radius 2 is 1.81 bits per heavy atom. The molecule has 8 nitrogen and oxygen atoms in total. The largest absolute Gasteiger partial charge is 0.355 e. The van der Waals surface area contributed by atoms with E-state index in [1.54, 1.807) is 11.8 Å². The molecule has 0 atom stereocenters. The van der Waals surface area contributed by atoms with Crippen molar-refractivity contribution in [3.05, 3.63) is 29.0 Å². The average Bonchev–Trinajstić information content (AvgIpc) is 2.63. The highest BCUT2D eigenvalue weighted by atomic mass is 35.5. The van der Waals surface area contributed by atoms with Gasteiger partial charge in [-0.2, -0.15) is 4.31 Å². The Morgan fingerprint density at radius 1 is 1.15 bits per heavy atom. The predicted molar refractivity (Wildman–Crippen MR) is 98.3 cm³/mol. The molecular weight excluding hydrogens is 399 g/mol. The van der Waals surface area contributed by atoms with Crippen molar-refractivity contribution in [2.45, 2.75) is 11.8 Å². The first-order valence-corrected chi connectivity index (χ1v) is 10.3. The van der Waals surface area contributed by atoms with E-state index in [-0.39, 0.29) is 47.9 Å². The molecule has 1 aromatic rings. The number of amides is 2. The quantitative estimate of drug-likeness (QED) is 0.648. The Bertz CT molecular complexity index is 798. The zero-order valence-corrected chi connectivity index (χ0v) is 16.4. The van der Waals surface area contributed by atoms with Gasteiger partial charge < -0.3 is 10.6 Å². The lowest BCUT2D eigenvalue weighted by molar-refractivity contribution is -0.126. The highest BCUT2D eigenvalue weighted by Gasteiger charge is 2.29. The molecule has 2 rings (SSSR count). The minimum atomic E-state index is -3.78. The molecule has 150 valence electrons.